The molecule has 1 unspecified atom stereocenters. The number of rotatable bonds is 6. The summed E-state index contributed by atoms with van der Waals surface area (Å²) >= 11 is 0. The third kappa shape index (κ3) is 4.60. The van der Waals surface area contributed by atoms with Gasteiger partial charge in [-0.25, -0.2) is 8.42 Å². The number of nitrogens with one attached hydrogen (secondary N) is 2. The average molecular weight is 282 g/mol. The number of benzene rings is 1. The van der Waals surface area contributed by atoms with Crippen molar-refractivity contribution in [2.24, 2.45) is 0 Å². The predicted octanol–water partition coefficient (Wildman–Crippen LogP) is 1.32. The summed E-state index contributed by atoms with van der Waals surface area (Å²) in [5.41, 5.74) is 1.12. The van der Waals surface area contributed by atoms with Gasteiger partial charge in [-0.3, -0.25) is 0 Å². The molecule has 4 nitrogen and oxygen atoms in total. The molecule has 1 aromatic carbocycles. The smallest absolute Gasteiger partial charge is 0.175 e. The van der Waals surface area contributed by atoms with Crippen molar-refractivity contribution in [2.75, 3.05) is 19.3 Å². The van der Waals surface area contributed by atoms with Gasteiger partial charge in [0.05, 0.1) is 4.90 Å². The zero-order chi connectivity index (χ0) is 13.7. The lowest BCUT2D eigenvalue weighted by Crippen LogP contribution is -2.26. The highest BCUT2D eigenvalue weighted by Gasteiger charge is 2.12. The first-order valence-electron chi connectivity index (χ1n) is 6.79. The van der Waals surface area contributed by atoms with Crippen LogP contribution in [0.1, 0.15) is 24.8 Å². The minimum absolute atomic E-state index is 0.381. The Labute approximate surface area is 115 Å². The molecule has 1 aliphatic heterocycles. The third-order valence-corrected chi connectivity index (χ3v) is 4.64. The number of sulfone groups is 1. The molecule has 1 aromatic rings. The quantitative estimate of drug-likeness (QED) is 0.773. The Morgan fingerprint density at radius 1 is 1.32 bits per heavy atom. The Hall–Kier alpha value is -0.910. The second-order valence-corrected chi connectivity index (χ2v) is 7.19. The Morgan fingerprint density at radius 2 is 2.05 bits per heavy atom. The molecule has 1 heterocycles. The van der Waals surface area contributed by atoms with Crippen molar-refractivity contribution >= 4 is 9.84 Å². The Balaban J connectivity index is 1.74. The van der Waals surface area contributed by atoms with Crippen molar-refractivity contribution in [3.05, 3.63) is 29.8 Å². The van der Waals surface area contributed by atoms with Crippen LogP contribution in [0.5, 0.6) is 0 Å². The molecule has 5 heteroatoms. The van der Waals surface area contributed by atoms with E-state index in [1.807, 2.05) is 12.1 Å². The lowest BCUT2D eigenvalue weighted by molar-refractivity contribution is 0.523. The maximum atomic E-state index is 11.3. The minimum atomic E-state index is -3.08. The van der Waals surface area contributed by atoms with Crippen LogP contribution in [0.15, 0.2) is 29.2 Å². The van der Waals surface area contributed by atoms with Crippen LogP contribution in [0.4, 0.5) is 0 Å². The van der Waals surface area contributed by atoms with Crippen molar-refractivity contribution in [3.63, 3.8) is 0 Å². The van der Waals surface area contributed by atoms with Gasteiger partial charge in [-0.1, -0.05) is 12.1 Å². The van der Waals surface area contributed by atoms with Gasteiger partial charge in [0.1, 0.15) is 0 Å². The number of hydrogen-bond acceptors (Lipinski definition) is 4. The molecule has 1 saturated heterocycles. The van der Waals surface area contributed by atoms with Crippen LogP contribution in [-0.2, 0) is 16.4 Å². The van der Waals surface area contributed by atoms with Gasteiger partial charge >= 0.3 is 0 Å². The monoisotopic (exact) mass is 282 g/mol. The normalized spacial score (nSPS) is 19.7. The molecule has 1 atom stereocenters. The van der Waals surface area contributed by atoms with Gasteiger partial charge in [0.2, 0.25) is 0 Å². The van der Waals surface area contributed by atoms with Gasteiger partial charge in [-0.05, 0) is 50.0 Å². The molecule has 0 bridgehead atoms. The predicted molar refractivity (Wildman–Crippen MR) is 76.9 cm³/mol. The third-order valence-electron chi connectivity index (χ3n) is 3.51. The lowest BCUT2D eigenvalue weighted by Gasteiger charge is -2.10. The lowest BCUT2D eigenvalue weighted by atomic mass is 10.1. The van der Waals surface area contributed by atoms with E-state index in [1.165, 1.54) is 19.1 Å². The Bertz CT molecular complexity index is 491. The first-order valence-corrected chi connectivity index (χ1v) is 8.68. The van der Waals surface area contributed by atoms with Crippen molar-refractivity contribution in [1.82, 2.24) is 10.6 Å². The zero-order valence-corrected chi connectivity index (χ0v) is 12.2. The largest absolute Gasteiger partial charge is 0.314 e. The van der Waals surface area contributed by atoms with Gasteiger partial charge in [0.25, 0.3) is 0 Å². The SMILES string of the molecule is CS(=O)(=O)c1ccc(CNCCC2CCCN2)cc1. The highest BCUT2D eigenvalue weighted by atomic mass is 32.2. The molecule has 0 aliphatic carbocycles. The summed E-state index contributed by atoms with van der Waals surface area (Å²) in [5, 5.41) is 6.87. The van der Waals surface area contributed by atoms with Crippen molar-refractivity contribution in [3.8, 4) is 0 Å². The summed E-state index contributed by atoms with van der Waals surface area (Å²) < 4.78 is 22.7. The van der Waals surface area contributed by atoms with Gasteiger partial charge in [0.15, 0.2) is 9.84 Å². The second-order valence-electron chi connectivity index (χ2n) is 5.17. The molecule has 2 N–H and O–H groups in total. The molecule has 1 aliphatic rings. The molecule has 106 valence electrons. The molecule has 1 fully saturated rings. The molecule has 0 aromatic heterocycles. The first kappa shape index (κ1) is 14.5. The van der Waals surface area contributed by atoms with Crippen LogP contribution in [0.3, 0.4) is 0 Å². The van der Waals surface area contributed by atoms with E-state index >= 15 is 0 Å². The topological polar surface area (TPSA) is 58.2 Å². The molecule has 0 saturated carbocycles. The number of hydrogen-bond donors (Lipinski definition) is 2. The summed E-state index contributed by atoms with van der Waals surface area (Å²) in [4.78, 5) is 0.381. The summed E-state index contributed by atoms with van der Waals surface area (Å²) in [6.07, 6.45) is 4.96. The van der Waals surface area contributed by atoms with E-state index in [4.69, 9.17) is 0 Å². The fourth-order valence-electron chi connectivity index (χ4n) is 2.37. The van der Waals surface area contributed by atoms with Crippen LogP contribution >= 0.6 is 0 Å². The van der Waals surface area contributed by atoms with Gasteiger partial charge < -0.3 is 10.6 Å². The molecule has 19 heavy (non-hydrogen) atoms. The molecular weight excluding hydrogens is 260 g/mol. The fraction of sp³-hybridized carbons (Fsp3) is 0.571. The zero-order valence-electron chi connectivity index (χ0n) is 11.4. The second kappa shape index (κ2) is 6.50. The molecular formula is C14H22N2O2S. The van der Waals surface area contributed by atoms with E-state index in [0.717, 1.165) is 31.6 Å². The maximum Gasteiger partial charge on any atom is 0.175 e. The molecule has 2 rings (SSSR count). The summed E-state index contributed by atoms with van der Waals surface area (Å²) in [7, 11) is -3.08. The van der Waals surface area contributed by atoms with Gasteiger partial charge in [-0.2, -0.15) is 0 Å². The Kier molecular flexibility index (Phi) is 4.96. The van der Waals surface area contributed by atoms with E-state index in [0.29, 0.717) is 10.9 Å². The van der Waals surface area contributed by atoms with E-state index in [1.54, 1.807) is 12.1 Å². The van der Waals surface area contributed by atoms with Crippen molar-refractivity contribution in [1.29, 1.82) is 0 Å². The summed E-state index contributed by atoms with van der Waals surface area (Å²) in [5.74, 6) is 0. The van der Waals surface area contributed by atoms with Crippen LogP contribution in [0.2, 0.25) is 0 Å². The molecule has 0 spiro atoms. The van der Waals surface area contributed by atoms with Gasteiger partial charge in [0, 0.05) is 18.8 Å². The van der Waals surface area contributed by atoms with Crippen LogP contribution < -0.4 is 10.6 Å². The van der Waals surface area contributed by atoms with E-state index in [-0.39, 0.29) is 0 Å². The highest BCUT2D eigenvalue weighted by molar-refractivity contribution is 7.90. The van der Waals surface area contributed by atoms with Crippen LogP contribution in [-0.4, -0.2) is 33.8 Å². The van der Waals surface area contributed by atoms with Gasteiger partial charge in [-0.15, -0.1) is 0 Å². The van der Waals surface area contributed by atoms with E-state index in [9.17, 15) is 8.42 Å². The maximum absolute atomic E-state index is 11.3. The summed E-state index contributed by atoms with van der Waals surface area (Å²) in [6.45, 7) is 2.93. The molecule has 0 amide bonds. The average Bonchev–Trinajstić information content (AvgIpc) is 2.87. The first-order chi connectivity index (χ1) is 9.05. The van der Waals surface area contributed by atoms with E-state index < -0.39 is 9.84 Å². The van der Waals surface area contributed by atoms with Crippen LogP contribution in [0, 0.1) is 0 Å². The standard InChI is InChI=1S/C14H22N2O2S/c1-19(17,18)14-6-4-12(5-7-14)11-15-10-8-13-3-2-9-16-13/h4-7,13,15-16H,2-3,8-11H2,1H3. The fourth-order valence-corrected chi connectivity index (χ4v) is 3.00. The Morgan fingerprint density at radius 3 is 2.63 bits per heavy atom. The molecule has 0 radical (unpaired) electrons. The van der Waals surface area contributed by atoms with E-state index in [2.05, 4.69) is 10.6 Å². The highest BCUT2D eigenvalue weighted by Crippen LogP contribution is 2.10. The van der Waals surface area contributed by atoms with Crippen LogP contribution in [0.25, 0.3) is 0 Å². The minimum Gasteiger partial charge on any atom is -0.314 e. The van der Waals surface area contributed by atoms with Crippen molar-refractivity contribution in [2.45, 2.75) is 36.7 Å². The van der Waals surface area contributed by atoms with Crippen molar-refractivity contribution < 1.29 is 8.42 Å². The summed E-state index contributed by atoms with van der Waals surface area (Å²) in [6, 6.07) is 7.75.